The van der Waals surface area contributed by atoms with Crippen molar-refractivity contribution >= 4 is 18.1 Å². The van der Waals surface area contributed by atoms with Crippen LogP contribution in [0.25, 0.3) is 0 Å². The van der Waals surface area contributed by atoms with E-state index in [1.165, 1.54) is 109 Å². The summed E-state index contributed by atoms with van der Waals surface area (Å²) in [6.07, 6.45) is 30.3. The highest BCUT2D eigenvalue weighted by molar-refractivity contribution is 5.72. The third kappa shape index (κ3) is 34.4. The quantitative estimate of drug-likeness (QED) is 0.0347. The molecule has 1 unspecified atom stereocenters. The van der Waals surface area contributed by atoms with Crippen LogP contribution in [0.2, 0.25) is 0 Å². The molecule has 0 saturated carbocycles. The summed E-state index contributed by atoms with van der Waals surface area (Å²) in [6.45, 7) is 14.6. The maximum atomic E-state index is 13.2. The summed E-state index contributed by atoms with van der Waals surface area (Å²) in [7, 11) is 0. The minimum atomic E-state index is -0.653. The fraction of sp³-hybridized carbons (Fsp3) is 0.933. The lowest BCUT2D eigenvalue weighted by Gasteiger charge is -2.19. The zero-order chi connectivity index (χ0) is 39.0. The Bertz CT molecular complexity index is 803. The maximum absolute atomic E-state index is 13.2. The number of rotatable bonds is 40. The summed E-state index contributed by atoms with van der Waals surface area (Å²) >= 11 is 0. The summed E-state index contributed by atoms with van der Waals surface area (Å²) < 4.78 is 22.2. The van der Waals surface area contributed by atoms with E-state index >= 15 is 0 Å². The SMILES string of the molecule is CCCCCCCCCCCC(=O)OCCC(CCCCOC(=O)C(CCCCCCCC)CCCCCCCC)COC(=O)OCCN(CC)CC. The van der Waals surface area contributed by atoms with Gasteiger partial charge in [0.1, 0.15) is 6.61 Å². The predicted molar refractivity (Wildman–Crippen MR) is 220 cm³/mol. The Balaban J connectivity index is 4.74. The van der Waals surface area contributed by atoms with Gasteiger partial charge in [-0.25, -0.2) is 4.79 Å². The van der Waals surface area contributed by atoms with Crippen molar-refractivity contribution < 1.29 is 33.3 Å². The fourth-order valence-corrected chi connectivity index (χ4v) is 6.88. The van der Waals surface area contributed by atoms with Gasteiger partial charge in [0.2, 0.25) is 0 Å². The standard InChI is InChI=1S/C45H87NO7/c1-6-11-14-17-20-21-22-25-28-34-43(47)50-38-35-41(40-53-45(49)52-39-36-46(9-4)10-5)31-29-30-37-51-44(48)42(32-26-23-18-15-12-7-2)33-27-24-19-16-13-8-3/h41-42H,6-40H2,1-5H3. The van der Waals surface area contributed by atoms with E-state index in [4.69, 9.17) is 18.9 Å². The number of unbranched alkanes of at least 4 members (excludes halogenated alkanes) is 19. The van der Waals surface area contributed by atoms with Gasteiger partial charge in [-0.1, -0.05) is 163 Å². The van der Waals surface area contributed by atoms with Crippen LogP contribution in [0.5, 0.6) is 0 Å². The molecule has 0 N–H and O–H groups in total. The Kier molecular flexibility index (Phi) is 38.5. The Labute approximate surface area is 327 Å². The van der Waals surface area contributed by atoms with Crippen LogP contribution >= 0.6 is 0 Å². The van der Waals surface area contributed by atoms with Gasteiger partial charge in [0.05, 0.1) is 25.7 Å². The van der Waals surface area contributed by atoms with E-state index in [2.05, 4.69) is 39.5 Å². The van der Waals surface area contributed by atoms with Crippen LogP contribution in [0, 0.1) is 11.8 Å². The monoisotopic (exact) mass is 754 g/mol. The first kappa shape index (κ1) is 51.2. The number of esters is 2. The van der Waals surface area contributed by atoms with Crippen molar-refractivity contribution in [3.05, 3.63) is 0 Å². The van der Waals surface area contributed by atoms with Crippen molar-refractivity contribution in [2.24, 2.45) is 11.8 Å². The van der Waals surface area contributed by atoms with Crippen LogP contribution in [0.4, 0.5) is 4.79 Å². The van der Waals surface area contributed by atoms with Crippen LogP contribution in [0.3, 0.4) is 0 Å². The van der Waals surface area contributed by atoms with Crippen LogP contribution < -0.4 is 0 Å². The van der Waals surface area contributed by atoms with E-state index in [0.717, 1.165) is 70.9 Å². The molecule has 1 atom stereocenters. The van der Waals surface area contributed by atoms with E-state index < -0.39 is 6.16 Å². The topological polar surface area (TPSA) is 91.4 Å². The van der Waals surface area contributed by atoms with E-state index in [-0.39, 0.29) is 30.4 Å². The Morgan fingerprint density at radius 2 is 0.943 bits per heavy atom. The second kappa shape index (κ2) is 39.9. The molecule has 8 nitrogen and oxygen atoms in total. The molecule has 8 heteroatoms. The highest BCUT2D eigenvalue weighted by atomic mass is 16.7. The molecule has 0 saturated heterocycles. The van der Waals surface area contributed by atoms with E-state index in [1.54, 1.807) is 0 Å². The zero-order valence-electron chi connectivity index (χ0n) is 35.7. The summed E-state index contributed by atoms with van der Waals surface area (Å²) in [6, 6.07) is 0. The molecule has 314 valence electrons. The number of ether oxygens (including phenoxy) is 4. The Morgan fingerprint density at radius 3 is 1.47 bits per heavy atom. The van der Waals surface area contributed by atoms with Crippen LogP contribution in [-0.2, 0) is 28.5 Å². The molecule has 0 rings (SSSR count). The number of carbonyl (C=O) groups is 3. The molecule has 0 radical (unpaired) electrons. The summed E-state index contributed by atoms with van der Waals surface area (Å²) in [5.74, 6) is -0.133. The van der Waals surface area contributed by atoms with Crippen molar-refractivity contribution in [1.29, 1.82) is 0 Å². The van der Waals surface area contributed by atoms with Gasteiger partial charge in [0.15, 0.2) is 0 Å². The lowest BCUT2D eigenvalue weighted by molar-refractivity contribution is -0.149. The average Bonchev–Trinajstić information content (AvgIpc) is 3.16. The average molecular weight is 754 g/mol. The van der Waals surface area contributed by atoms with Crippen LogP contribution in [-0.4, -0.2) is 69.1 Å². The number of carbonyl (C=O) groups excluding carboxylic acids is 3. The van der Waals surface area contributed by atoms with Gasteiger partial charge in [0.25, 0.3) is 0 Å². The first-order valence-corrected chi connectivity index (χ1v) is 22.8. The number of hydrogen-bond donors (Lipinski definition) is 0. The molecule has 0 aromatic rings. The van der Waals surface area contributed by atoms with Gasteiger partial charge in [-0.3, -0.25) is 9.59 Å². The fourth-order valence-electron chi connectivity index (χ4n) is 6.88. The number of nitrogens with zero attached hydrogens (tertiary/aromatic N) is 1. The molecule has 0 aromatic heterocycles. The molecule has 53 heavy (non-hydrogen) atoms. The second-order valence-electron chi connectivity index (χ2n) is 15.4. The molecule has 0 spiro atoms. The molecule has 0 aliphatic carbocycles. The van der Waals surface area contributed by atoms with E-state index in [9.17, 15) is 14.4 Å². The van der Waals surface area contributed by atoms with Crippen molar-refractivity contribution in [3.8, 4) is 0 Å². The van der Waals surface area contributed by atoms with Gasteiger partial charge in [-0.05, 0) is 64.0 Å². The van der Waals surface area contributed by atoms with E-state index in [0.29, 0.717) is 39.2 Å². The maximum Gasteiger partial charge on any atom is 0.508 e. The highest BCUT2D eigenvalue weighted by Crippen LogP contribution is 2.22. The summed E-state index contributed by atoms with van der Waals surface area (Å²) in [5.41, 5.74) is 0. The zero-order valence-corrected chi connectivity index (χ0v) is 35.7. The van der Waals surface area contributed by atoms with Gasteiger partial charge in [-0.15, -0.1) is 0 Å². The van der Waals surface area contributed by atoms with Crippen molar-refractivity contribution in [3.63, 3.8) is 0 Å². The smallest absolute Gasteiger partial charge is 0.466 e. The molecular weight excluding hydrogens is 666 g/mol. The molecule has 0 heterocycles. The first-order valence-electron chi connectivity index (χ1n) is 22.8. The molecule has 0 aliphatic heterocycles. The molecule has 0 amide bonds. The summed E-state index contributed by atoms with van der Waals surface area (Å²) in [4.78, 5) is 40.1. The number of hydrogen-bond acceptors (Lipinski definition) is 8. The van der Waals surface area contributed by atoms with Crippen LogP contribution in [0.15, 0.2) is 0 Å². The van der Waals surface area contributed by atoms with Crippen LogP contribution in [0.1, 0.15) is 214 Å². The molecule has 0 fully saturated rings. The third-order valence-corrected chi connectivity index (χ3v) is 10.6. The van der Waals surface area contributed by atoms with Gasteiger partial charge in [-0.2, -0.15) is 0 Å². The Morgan fingerprint density at radius 1 is 0.453 bits per heavy atom. The molecule has 0 aromatic carbocycles. The van der Waals surface area contributed by atoms with Crippen molar-refractivity contribution in [2.45, 2.75) is 214 Å². The van der Waals surface area contributed by atoms with E-state index in [1.807, 2.05) is 0 Å². The minimum Gasteiger partial charge on any atom is -0.466 e. The summed E-state index contributed by atoms with van der Waals surface area (Å²) in [5, 5.41) is 0. The van der Waals surface area contributed by atoms with Crippen molar-refractivity contribution in [2.75, 3.05) is 46.1 Å². The van der Waals surface area contributed by atoms with Crippen molar-refractivity contribution in [1.82, 2.24) is 4.90 Å². The second-order valence-corrected chi connectivity index (χ2v) is 15.4. The van der Waals surface area contributed by atoms with Gasteiger partial charge < -0.3 is 23.8 Å². The normalized spacial score (nSPS) is 12.0. The van der Waals surface area contributed by atoms with Gasteiger partial charge in [0, 0.05) is 13.0 Å². The lowest BCUT2D eigenvalue weighted by Crippen LogP contribution is -2.28. The molecule has 0 bridgehead atoms. The largest absolute Gasteiger partial charge is 0.508 e. The predicted octanol–water partition coefficient (Wildman–Crippen LogP) is 12.8. The Hall–Kier alpha value is -1.83. The highest BCUT2D eigenvalue weighted by Gasteiger charge is 2.20. The third-order valence-electron chi connectivity index (χ3n) is 10.6. The molecule has 0 aliphatic rings. The number of likely N-dealkylation sites (N-methyl/N-ethyl adjacent to an activating group) is 1. The lowest BCUT2D eigenvalue weighted by atomic mass is 9.94. The minimum absolute atomic E-state index is 0.00600. The molecular formula is C45H87NO7. The van der Waals surface area contributed by atoms with Gasteiger partial charge >= 0.3 is 18.1 Å². The first-order chi connectivity index (χ1) is 25.9.